The molecule has 0 aromatic rings. The summed E-state index contributed by atoms with van der Waals surface area (Å²) >= 11 is 1.94. The molecule has 0 aliphatic heterocycles. The lowest BCUT2D eigenvalue weighted by atomic mass is 9.95. The Kier molecular flexibility index (Phi) is 8.14. The molecule has 0 saturated carbocycles. The monoisotopic (exact) mass is 189 g/mol. The Balaban J connectivity index is 3.62. The SMILES string of the molecule is CCCC(C)C(CCSC)NC. The predicted octanol–water partition coefficient (Wildman–Crippen LogP) is 2.76. The van der Waals surface area contributed by atoms with Gasteiger partial charge in [0.05, 0.1) is 0 Å². The quantitative estimate of drug-likeness (QED) is 0.661. The molecule has 2 heteroatoms. The highest BCUT2D eigenvalue weighted by molar-refractivity contribution is 7.98. The molecule has 74 valence electrons. The van der Waals surface area contributed by atoms with Crippen LogP contribution in [0.5, 0.6) is 0 Å². The Labute approximate surface area is 81.7 Å². The summed E-state index contributed by atoms with van der Waals surface area (Å²) in [5, 5.41) is 3.41. The summed E-state index contributed by atoms with van der Waals surface area (Å²) in [6, 6.07) is 0.720. The second kappa shape index (κ2) is 7.93. The normalized spacial score (nSPS) is 16.0. The summed E-state index contributed by atoms with van der Waals surface area (Å²) in [7, 11) is 2.08. The van der Waals surface area contributed by atoms with Crippen LogP contribution in [0.1, 0.15) is 33.1 Å². The van der Waals surface area contributed by atoms with Gasteiger partial charge in [0.1, 0.15) is 0 Å². The number of hydrogen-bond donors (Lipinski definition) is 1. The molecular weight excluding hydrogens is 166 g/mol. The maximum atomic E-state index is 3.41. The number of thioether (sulfide) groups is 1. The van der Waals surface area contributed by atoms with E-state index in [-0.39, 0.29) is 0 Å². The first-order chi connectivity index (χ1) is 5.76. The van der Waals surface area contributed by atoms with Crippen LogP contribution in [0.2, 0.25) is 0 Å². The van der Waals surface area contributed by atoms with E-state index >= 15 is 0 Å². The molecule has 2 unspecified atom stereocenters. The van der Waals surface area contributed by atoms with Crippen molar-refractivity contribution in [2.45, 2.75) is 39.2 Å². The van der Waals surface area contributed by atoms with Crippen LogP contribution in [0.15, 0.2) is 0 Å². The molecule has 0 heterocycles. The average molecular weight is 189 g/mol. The lowest BCUT2D eigenvalue weighted by Gasteiger charge is -2.22. The lowest BCUT2D eigenvalue weighted by molar-refractivity contribution is 0.367. The first-order valence-corrected chi connectivity index (χ1v) is 6.31. The lowest BCUT2D eigenvalue weighted by Crippen LogP contribution is -2.32. The third-order valence-electron chi connectivity index (χ3n) is 2.43. The summed E-state index contributed by atoms with van der Waals surface area (Å²) in [6.07, 6.45) is 6.13. The van der Waals surface area contributed by atoms with Gasteiger partial charge in [0.2, 0.25) is 0 Å². The van der Waals surface area contributed by atoms with E-state index in [0.29, 0.717) is 0 Å². The number of hydrogen-bond acceptors (Lipinski definition) is 2. The Hall–Kier alpha value is 0.310. The van der Waals surface area contributed by atoms with E-state index in [0.717, 1.165) is 12.0 Å². The molecule has 2 atom stereocenters. The Morgan fingerprint density at radius 3 is 2.42 bits per heavy atom. The van der Waals surface area contributed by atoms with Gasteiger partial charge >= 0.3 is 0 Å². The van der Waals surface area contributed by atoms with Gasteiger partial charge in [-0.1, -0.05) is 20.3 Å². The maximum Gasteiger partial charge on any atom is 0.00975 e. The van der Waals surface area contributed by atoms with E-state index in [4.69, 9.17) is 0 Å². The minimum absolute atomic E-state index is 0.720. The minimum atomic E-state index is 0.720. The maximum absolute atomic E-state index is 3.41. The van der Waals surface area contributed by atoms with Crippen LogP contribution in [0.4, 0.5) is 0 Å². The van der Waals surface area contributed by atoms with Crippen LogP contribution in [0, 0.1) is 5.92 Å². The summed E-state index contributed by atoms with van der Waals surface area (Å²) in [5.41, 5.74) is 0. The summed E-state index contributed by atoms with van der Waals surface area (Å²) in [4.78, 5) is 0. The van der Waals surface area contributed by atoms with Gasteiger partial charge in [-0.25, -0.2) is 0 Å². The van der Waals surface area contributed by atoms with Crippen molar-refractivity contribution in [3.05, 3.63) is 0 Å². The molecule has 1 nitrogen and oxygen atoms in total. The molecule has 0 fully saturated rings. The van der Waals surface area contributed by atoms with Gasteiger partial charge < -0.3 is 5.32 Å². The molecule has 0 spiro atoms. The molecule has 0 aliphatic rings. The molecule has 12 heavy (non-hydrogen) atoms. The van der Waals surface area contributed by atoms with Gasteiger partial charge in [-0.3, -0.25) is 0 Å². The van der Waals surface area contributed by atoms with Crippen molar-refractivity contribution in [2.24, 2.45) is 5.92 Å². The second-order valence-electron chi connectivity index (χ2n) is 3.44. The van der Waals surface area contributed by atoms with Crippen LogP contribution < -0.4 is 5.32 Å². The molecule has 0 bridgehead atoms. The topological polar surface area (TPSA) is 12.0 Å². The van der Waals surface area contributed by atoms with E-state index in [1.54, 1.807) is 0 Å². The van der Waals surface area contributed by atoms with Crippen LogP contribution in [-0.2, 0) is 0 Å². The van der Waals surface area contributed by atoms with Crippen LogP contribution in [0.25, 0.3) is 0 Å². The third kappa shape index (κ3) is 5.04. The van der Waals surface area contributed by atoms with Crippen molar-refractivity contribution in [3.63, 3.8) is 0 Å². The highest BCUT2D eigenvalue weighted by Crippen LogP contribution is 2.14. The molecule has 0 aromatic heterocycles. The fourth-order valence-corrected chi connectivity index (χ4v) is 2.10. The van der Waals surface area contributed by atoms with Gasteiger partial charge in [0.25, 0.3) is 0 Å². The van der Waals surface area contributed by atoms with Gasteiger partial charge in [0.15, 0.2) is 0 Å². The fourth-order valence-electron chi connectivity index (χ4n) is 1.61. The van der Waals surface area contributed by atoms with Crippen LogP contribution in [0.3, 0.4) is 0 Å². The van der Waals surface area contributed by atoms with E-state index in [9.17, 15) is 0 Å². The Bertz CT molecular complexity index is 95.8. The zero-order valence-electron chi connectivity index (χ0n) is 8.89. The van der Waals surface area contributed by atoms with Gasteiger partial charge in [-0.05, 0) is 37.8 Å². The van der Waals surface area contributed by atoms with Crippen molar-refractivity contribution in [1.82, 2.24) is 5.32 Å². The standard InChI is InChI=1S/C10H23NS/c1-5-6-9(2)10(11-3)7-8-12-4/h9-11H,5-8H2,1-4H3. The first-order valence-electron chi connectivity index (χ1n) is 4.92. The van der Waals surface area contributed by atoms with Crippen LogP contribution >= 0.6 is 11.8 Å². The smallest absolute Gasteiger partial charge is 0.00975 e. The van der Waals surface area contributed by atoms with Crippen LogP contribution in [-0.4, -0.2) is 25.1 Å². The summed E-state index contributed by atoms with van der Waals surface area (Å²) in [6.45, 7) is 4.61. The van der Waals surface area contributed by atoms with Gasteiger partial charge in [-0.15, -0.1) is 0 Å². The Morgan fingerprint density at radius 2 is 2.00 bits per heavy atom. The summed E-state index contributed by atoms with van der Waals surface area (Å²) in [5.74, 6) is 2.10. The van der Waals surface area contributed by atoms with E-state index in [1.165, 1.54) is 25.0 Å². The molecule has 0 rings (SSSR count). The largest absolute Gasteiger partial charge is 0.317 e. The molecular formula is C10H23NS. The molecule has 1 N–H and O–H groups in total. The summed E-state index contributed by atoms with van der Waals surface area (Å²) < 4.78 is 0. The van der Waals surface area contributed by atoms with E-state index < -0.39 is 0 Å². The van der Waals surface area contributed by atoms with E-state index in [1.807, 2.05) is 11.8 Å². The zero-order valence-corrected chi connectivity index (χ0v) is 9.71. The second-order valence-corrected chi connectivity index (χ2v) is 4.43. The molecule has 0 aliphatic carbocycles. The molecule has 0 aromatic carbocycles. The van der Waals surface area contributed by atoms with Crippen molar-refractivity contribution in [2.75, 3.05) is 19.1 Å². The predicted molar refractivity (Wildman–Crippen MR) is 59.9 cm³/mol. The van der Waals surface area contributed by atoms with E-state index in [2.05, 4.69) is 32.5 Å². The minimum Gasteiger partial charge on any atom is -0.317 e. The highest BCUT2D eigenvalue weighted by atomic mass is 32.2. The first kappa shape index (κ1) is 12.3. The van der Waals surface area contributed by atoms with Crippen molar-refractivity contribution in [3.8, 4) is 0 Å². The Morgan fingerprint density at radius 1 is 1.33 bits per heavy atom. The van der Waals surface area contributed by atoms with Crippen molar-refractivity contribution >= 4 is 11.8 Å². The van der Waals surface area contributed by atoms with Crippen molar-refractivity contribution in [1.29, 1.82) is 0 Å². The highest BCUT2D eigenvalue weighted by Gasteiger charge is 2.13. The van der Waals surface area contributed by atoms with Gasteiger partial charge in [0, 0.05) is 6.04 Å². The molecule has 0 saturated heterocycles. The number of rotatable bonds is 7. The third-order valence-corrected chi connectivity index (χ3v) is 3.08. The molecule has 0 radical (unpaired) electrons. The number of nitrogens with one attached hydrogen (secondary N) is 1. The van der Waals surface area contributed by atoms with Gasteiger partial charge in [-0.2, -0.15) is 11.8 Å². The fraction of sp³-hybridized carbons (Fsp3) is 1.00. The zero-order chi connectivity index (χ0) is 9.40. The van der Waals surface area contributed by atoms with Crippen molar-refractivity contribution < 1.29 is 0 Å². The molecule has 0 amide bonds. The average Bonchev–Trinajstić information content (AvgIpc) is 2.06.